The van der Waals surface area contributed by atoms with Gasteiger partial charge in [0, 0.05) is 39.3 Å². The maximum Gasteiger partial charge on any atom is 0.267 e. The molecule has 124 valence electrons. The van der Waals surface area contributed by atoms with Crippen molar-refractivity contribution in [2.75, 3.05) is 53.0 Å². The molecule has 6 nitrogen and oxygen atoms in total. The number of hydrogen-bond donors (Lipinski definition) is 1. The molecular weight excluding hydrogens is 304 g/mol. The van der Waals surface area contributed by atoms with E-state index in [1.807, 2.05) is 23.3 Å². The van der Waals surface area contributed by atoms with Crippen LogP contribution < -0.4 is 4.74 Å². The molecule has 0 spiro atoms. The Bertz CT molecular complexity index is 472. The smallest absolute Gasteiger partial charge is 0.267 e. The molecule has 1 aliphatic heterocycles. The summed E-state index contributed by atoms with van der Waals surface area (Å²) >= 11 is 1.41. The molecule has 0 unspecified atom stereocenters. The molecule has 2 rings (SSSR count). The number of β-amino-alcohol motifs (C(OH)–C–C–N with tert-alkyl or cyclic N) is 1. The second-order valence-corrected chi connectivity index (χ2v) is 6.14. The van der Waals surface area contributed by atoms with Crippen LogP contribution in [-0.4, -0.2) is 80.0 Å². The molecule has 1 amide bonds. The molecule has 0 bridgehead atoms. The zero-order valence-corrected chi connectivity index (χ0v) is 14.0. The van der Waals surface area contributed by atoms with Crippen molar-refractivity contribution >= 4 is 17.2 Å². The highest BCUT2D eigenvalue weighted by Crippen LogP contribution is 2.26. The zero-order valence-electron chi connectivity index (χ0n) is 13.2. The van der Waals surface area contributed by atoms with Crippen LogP contribution in [0.4, 0.5) is 0 Å². The molecule has 2 heterocycles. The molecule has 1 N–H and O–H groups in total. The van der Waals surface area contributed by atoms with E-state index in [0.29, 0.717) is 43.5 Å². The Balaban J connectivity index is 1.80. The Morgan fingerprint density at radius 3 is 2.77 bits per heavy atom. The van der Waals surface area contributed by atoms with Gasteiger partial charge < -0.3 is 19.5 Å². The van der Waals surface area contributed by atoms with E-state index >= 15 is 0 Å². The van der Waals surface area contributed by atoms with Gasteiger partial charge in [-0.2, -0.15) is 0 Å². The Kier molecular flexibility index (Phi) is 6.63. The molecule has 0 radical (unpaired) electrons. The lowest BCUT2D eigenvalue weighted by molar-refractivity contribution is 0.0111. The second-order valence-electron chi connectivity index (χ2n) is 5.22. The fourth-order valence-corrected chi connectivity index (χ4v) is 3.32. The van der Waals surface area contributed by atoms with E-state index in [1.54, 1.807) is 7.11 Å². The molecule has 1 fully saturated rings. The Morgan fingerprint density at radius 2 is 2.14 bits per heavy atom. The van der Waals surface area contributed by atoms with Gasteiger partial charge in [0.15, 0.2) is 0 Å². The van der Waals surface area contributed by atoms with E-state index < -0.39 is 6.10 Å². The van der Waals surface area contributed by atoms with Gasteiger partial charge in [-0.25, -0.2) is 0 Å². The third-order valence-corrected chi connectivity index (χ3v) is 4.57. The summed E-state index contributed by atoms with van der Waals surface area (Å²) in [6.07, 6.45) is -0.473. The number of piperazine rings is 1. The van der Waals surface area contributed by atoms with Crippen molar-refractivity contribution in [1.82, 2.24) is 9.80 Å². The average molecular weight is 328 g/mol. The van der Waals surface area contributed by atoms with Crippen LogP contribution in [0.3, 0.4) is 0 Å². The van der Waals surface area contributed by atoms with Crippen molar-refractivity contribution < 1.29 is 19.4 Å². The quantitative estimate of drug-likeness (QED) is 0.806. The lowest BCUT2D eigenvalue weighted by atomic mass is 10.2. The number of nitrogens with zero attached hydrogens (tertiary/aromatic N) is 2. The average Bonchev–Trinajstić information content (AvgIpc) is 3.01. The number of carbonyl (C=O) groups excluding carboxylic acids is 1. The van der Waals surface area contributed by atoms with Gasteiger partial charge in [0.2, 0.25) is 0 Å². The molecule has 1 saturated heterocycles. The van der Waals surface area contributed by atoms with E-state index in [4.69, 9.17) is 9.47 Å². The molecule has 1 aliphatic rings. The second kappa shape index (κ2) is 8.47. The first kappa shape index (κ1) is 17.2. The van der Waals surface area contributed by atoms with E-state index in [2.05, 4.69) is 4.90 Å². The lowest BCUT2D eigenvalue weighted by Crippen LogP contribution is -2.50. The minimum Gasteiger partial charge on any atom is -0.495 e. The van der Waals surface area contributed by atoms with E-state index in [9.17, 15) is 9.90 Å². The maximum atomic E-state index is 12.5. The van der Waals surface area contributed by atoms with E-state index in [1.165, 1.54) is 11.3 Å². The number of aliphatic hydroxyl groups is 1. The normalized spacial score (nSPS) is 17.5. The molecule has 1 aromatic rings. The number of amides is 1. The summed E-state index contributed by atoms with van der Waals surface area (Å²) in [5.74, 6) is 0.672. The van der Waals surface area contributed by atoms with Gasteiger partial charge in [0.05, 0.1) is 19.8 Å². The van der Waals surface area contributed by atoms with Crippen molar-refractivity contribution in [2.45, 2.75) is 13.0 Å². The largest absolute Gasteiger partial charge is 0.495 e. The summed E-state index contributed by atoms with van der Waals surface area (Å²) in [5, 5.41) is 11.7. The summed E-state index contributed by atoms with van der Waals surface area (Å²) in [7, 11) is 1.58. The number of hydrogen-bond acceptors (Lipinski definition) is 6. The van der Waals surface area contributed by atoms with Gasteiger partial charge in [-0.1, -0.05) is 0 Å². The van der Waals surface area contributed by atoms with Gasteiger partial charge in [-0.15, -0.1) is 11.3 Å². The van der Waals surface area contributed by atoms with E-state index in [-0.39, 0.29) is 5.91 Å². The molecule has 1 aromatic heterocycles. The number of aliphatic hydroxyl groups excluding tert-OH is 1. The van der Waals surface area contributed by atoms with Crippen LogP contribution in [0.1, 0.15) is 16.6 Å². The Hall–Kier alpha value is -1.15. The van der Waals surface area contributed by atoms with Crippen molar-refractivity contribution in [3.05, 3.63) is 16.3 Å². The summed E-state index contributed by atoms with van der Waals surface area (Å²) in [6.45, 7) is 6.35. The van der Waals surface area contributed by atoms with Crippen molar-refractivity contribution in [3.63, 3.8) is 0 Å². The van der Waals surface area contributed by atoms with Crippen LogP contribution in [0, 0.1) is 0 Å². The lowest BCUT2D eigenvalue weighted by Gasteiger charge is -2.35. The van der Waals surface area contributed by atoms with Gasteiger partial charge >= 0.3 is 0 Å². The van der Waals surface area contributed by atoms with Gasteiger partial charge in [0.1, 0.15) is 10.6 Å². The Labute approximate surface area is 135 Å². The predicted molar refractivity (Wildman–Crippen MR) is 85.7 cm³/mol. The Morgan fingerprint density at radius 1 is 1.41 bits per heavy atom. The SMILES string of the molecule is CCOC[C@H](O)CN1CCN(C(=O)c2sccc2OC)CC1. The fraction of sp³-hybridized carbons (Fsp3) is 0.667. The van der Waals surface area contributed by atoms with Crippen molar-refractivity contribution in [2.24, 2.45) is 0 Å². The van der Waals surface area contributed by atoms with E-state index in [0.717, 1.165) is 13.1 Å². The molecule has 0 aliphatic carbocycles. The first-order chi connectivity index (χ1) is 10.7. The third kappa shape index (κ3) is 4.42. The van der Waals surface area contributed by atoms with Crippen molar-refractivity contribution in [3.8, 4) is 5.75 Å². The highest BCUT2D eigenvalue weighted by atomic mass is 32.1. The monoisotopic (exact) mass is 328 g/mol. The summed E-state index contributed by atoms with van der Waals surface area (Å²) in [4.78, 5) is 17.2. The van der Waals surface area contributed by atoms with Crippen LogP contribution >= 0.6 is 11.3 Å². The van der Waals surface area contributed by atoms with Crippen LogP contribution in [0.2, 0.25) is 0 Å². The number of thiophene rings is 1. The summed E-state index contributed by atoms with van der Waals surface area (Å²) in [6, 6.07) is 1.82. The summed E-state index contributed by atoms with van der Waals surface area (Å²) in [5.41, 5.74) is 0. The van der Waals surface area contributed by atoms with Gasteiger partial charge in [-0.05, 0) is 18.4 Å². The van der Waals surface area contributed by atoms with Crippen LogP contribution in [-0.2, 0) is 4.74 Å². The third-order valence-electron chi connectivity index (χ3n) is 3.69. The number of ether oxygens (including phenoxy) is 2. The van der Waals surface area contributed by atoms with Crippen LogP contribution in [0.5, 0.6) is 5.75 Å². The van der Waals surface area contributed by atoms with Crippen LogP contribution in [0.25, 0.3) is 0 Å². The number of carbonyl (C=O) groups is 1. The molecule has 22 heavy (non-hydrogen) atoms. The molecule has 0 saturated carbocycles. The maximum absolute atomic E-state index is 12.5. The van der Waals surface area contributed by atoms with Gasteiger partial charge in [0.25, 0.3) is 5.91 Å². The minimum atomic E-state index is -0.473. The standard InChI is InChI=1S/C15H24N2O4S/c1-3-21-11-12(18)10-16-5-7-17(8-6-16)15(19)14-13(20-2)4-9-22-14/h4,9,12,18H,3,5-8,10-11H2,1-2H3/t12-/m1/s1. The first-order valence-corrected chi connectivity index (χ1v) is 8.42. The zero-order chi connectivity index (χ0) is 15.9. The topological polar surface area (TPSA) is 62.2 Å². The minimum absolute atomic E-state index is 0.0290. The molecule has 0 aromatic carbocycles. The fourth-order valence-electron chi connectivity index (χ4n) is 2.50. The summed E-state index contributed by atoms with van der Waals surface area (Å²) < 4.78 is 10.4. The van der Waals surface area contributed by atoms with Crippen LogP contribution in [0.15, 0.2) is 11.4 Å². The van der Waals surface area contributed by atoms with Gasteiger partial charge in [-0.3, -0.25) is 9.69 Å². The highest BCUT2D eigenvalue weighted by molar-refractivity contribution is 7.12. The number of methoxy groups -OCH3 is 1. The molecule has 7 heteroatoms. The molecular formula is C15H24N2O4S. The number of rotatable bonds is 7. The highest BCUT2D eigenvalue weighted by Gasteiger charge is 2.25. The van der Waals surface area contributed by atoms with Crippen molar-refractivity contribution in [1.29, 1.82) is 0 Å². The molecule has 1 atom stereocenters. The first-order valence-electron chi connectivity index (χ1n) is 7.54. The predicted octanol–water partition coefficient (Wildman–Crippen LogP) is 0.912.